The molecule has 2 rings (SSSR count). The van der Waals surface area contributed by atoms with Crippen molar-refractivity contribution in [1.29, 1.82) is 0 Å². The van der Waals surface area contributed by atoms with Crippen LogP contribution in [0.5, 0.6) is 5.75 Å². The normalized spacial score (nSPS) is 17.2. The fraction of sp³-hybridized carbons (Fsp3) is 0.588. The molecule has 0 saturated carbocycles. The molecule has 1 aliphatic rings. The van der Waals surface area contributed by atoms with Gasteiger partial charge in [0.2, 0.25) is 0 Å². The lowest BCUT2D eigenvalue weighted by atomic mass is 9.78. The van der Waals surface area contributed by atoms with Crippen molar-refractivity contribution in [3.05, 3.63) is 29.6 Å². The minimum atomic E-state index is -0.486. The molecule has 0 bridgehead atoms. The summed E-state index contributed by atoms with van der Waals surface area (Å²) in [5.41, 5.74) is 0.0229. The molecule has 1 heterocycles. The molecule has 110 valence electrons. The molecule has 0 saturated heterocycles. The highest BCUT2D eigenvalue weighted by Crippen LogP contribution is 2.40. The van der Waals surface area contributed by atoms with E-state index in [1.165, 1.54) is 18.2 Å². The molecule has 0 aromatic heterocycles. The number of fused-ring (bicyclic) bond motifs is 1. The lowest BCUT2D eigenvalue weighted by molar-refractivity contribution is 0.0103. The molecule has 0 fully saturated rings. The molecule has 0 N–H and O–H groups in total. The van der Waals surface area contributed by atoms with Gasteiger partial charge in [-0.2, -0.15) is 0 Å². The summed E-state index contributed by atoms with van der Waals surface area (Å²) in [5.74, 6) is 0.963. The highest BCUT2D eigenvalue weighted by atomic mass is 19.1. The highest BCUT2D eigenvalue weighted by molar-refractivity contribution is 6.00. The largest absolute Gasteiger partial charge is 0.486 e. The molecular weight excluding hydrogens is 255 g/mol. The van der Waals surface area contributed by atoms with Gasteiger partial charge in [0.15, 0.2) is 5.78 Å². The third kappa shape index (κ3) is 3.20. The Balaban J connectivity index is 2.38. The summed E-state index contributed by atoms with van der Waals surface area (Å²) in [5, 5.41) is 0. The molecule has 0 atom stereocenters. The molecule has 1 aliphatic heterocycles. The lowest BCUT2D eigenvalue weighted by Crippen LogP contribution is -2.44. The summed E-state index contributed by atoms with van der Waals surface area (Å²) in [6.45, 7) is 8.49. The van der Waals surface area contributed by atoms with Crippen LogP contribution in [0.2, 0.25) is 0 Å². The van der Waals surface area contributed by atoms with Crippen molar-refractivity contribution in [3.63, 3.8) is 0 Å². The van der Waals surface area contributed by atoms with Crippen molar-refractivity contribution < 1.29 is 13.9 Å². The molecule has 3 heteroatoms. The van der Waals surface area contributed by atoms with E-state index in [4.69, 9.17) is 4.74 Å². The molecule has 0 unspecified atom stereocenters. The maximum atomic E-state index is 13.4. The van der Waals surface area contributed by atoms with Crippen molar-refractivity contribution in [1.82, 2.24) is 0 Å². The maximum Gasteiger partial charge on any atom is 0.170 e. The first-order valence-electron chi connectivity index (χ1n) is 7.33. The Morgan fingerprint density at radius 3 is 2.35 bits per heavy atom. The number of hydrogen-bond donors (Lipinski definition) is 0. The van der Waals surface area contributed by atoms with Crippen LogP contribution in [0.4, 0.5) is 4.39 Å². The van der Waals surface area contributed by atoms with Gasteiger partial charge in [0.25, 0.3) is 0 Å². The monoisotopic (exact) mass is 278 g/mol. The predicted octanol–water partition coefficient (Wildman–Crippen LogP) is 4.62. The number of benzene rings is 1. The Kier molecular flexibility index (Phi) is 4.17. The number of carbonyl (C=O) groups excluding carboxylic acids is 1. The molecule has 2 nitrogen and oxygen atoms in total. The Labute approximate surface area is 120 Å². The zero-order valence-corrected chi connectivity index (χ0v) is 12.7. The van der Waals surface area contributed by atoms with Crippen molar-refractivity contribution in [2.45, 2.75) is 52.6 Å². The number of carbonyl (C=O) groups is 1. The lowest BCUT2D eigenvalue weighted by Gasteiger charge is -2.40. The Morgan fingerprint density at radius 2 is 1.80 bits per heavy atom. The van der Waals surface area contributed by atoms with E-state index in [0.717, 1.165) is 12.8 Å². The van der Waals surface area contributed by atoms with E-state index in [1.807, 2.05) is 0 Å². The number of hydrogen-bond acceptors (Lipinski definition) is 2. The summed E-state index contributed by atoms with van der Waals surface area (Å²) in [6.07, 6.45) is 2.02. The highest BCUT2D eigenvalue weighted by Gasteiger charge is 2.41. The van der Waals surface area contributed by atoms with Gasteiger partial charge in [0, 0.05) is 6.07 Å². The van der Waals surface area contributed by atoms with Crippen LogP contribution in [0.3, 0.4) is 0 Å². The van der Waals surface area contributed by atoms with E-state index in [2.05, 4.69) is 27.7 Å². The number of Topliss-reactive ketones (excluding diaryl/α,β-unsaturated/α-hetero) is 1. The molecule has 0 spiro atoms. The molecule has 0 radical (unpaired) electrons. The average molecular weight is 278 g/mol. The Morgan fingerprint density at radius 1 is 1.20 bits per heavy atom. The van der Waals surface area contributed by atoms with Crippen molar-refractivity contribution >= 4 is 5.78 Å². The first-order chi connectivity index (χ1) is 9.31. The molecule has 0 amide bonds. The molecule has 1 aromatic rings. The van der Waals surface area contributed by atoms with E-state index < -0.39 is 5.60 Å². The second-order valence-corrected chi connectivity index (χ2v) is 6.72. The molecular formula is C17H23FO2. The predicted molar refractivity (Wildman–Crippen MR) is 77.6 cm³/mol. The average Bonchev–Trinajstić information content (AvgIpc) is 2.25. The van der Waals surface area contributed by atoms with E-state index in [9.17, 15) is 9.18 Å². The second kappa shape index (κ2) is 5.55. The van der Waals surface area contributed by atoms with Crippen LogP contribution in [0.1, 0.15) is 57.3 Å². The van der Waals surface area contributed by atoms with Gasteiger partial charge in [0.1, 0.15) is 17.2 Å². The standard InChI is InChI=1S/C17H23FO2/c1-11(2)8-17(9-12(3)4)10-15(19)14-6-5-13(18)7-16(14)20-17/h5-7,11-12H,8-10H2,1-4H3. The smallest absolute Gasteiger partial charge is 0.170 e. The topological polar surface area (TPSA) is 26.3 Å². The first kappa shape index (κ1) is 15.0. The van der Waals surface area contributed by atoms with E-state index in [1.54, 1.807) is 0 Å². The molecule has 0 aliphatic carbocycles. The van der Waals surface area contributed by atoms with Crippen LogP contribution in [-0.2, 0) is 0 Å². The number of halogens is 1. The van der Waals surface area contributed by atoms with Crippen LogP contribution in [-0.4, -0.2) is 11.4 Å². The maximum absolute atomic E-state index is 13.4. The van der Waals surface area contributed by atoms with Gasteiger partial charge in [-0.15, -0.1) is 0 Å². The van der Waals surface area contributed by atoms with Crippen LogP contribution in [0.15, 0.2) is 18.2 Å². The van der Waals surface area contributed by atoms with Gasteiger partial charge in [-0.3, -0.25) is 4.79 Å². The van der Waals surface area contributed by atoms with Crippen LogP contribution in [0.25, 0.3) is 0 Å². The van der Waals surface area contributed by atoms with Gasteiger partial charge in [-0.1, -0.05) is 27.7 Å². The summed E-state index contributed by atoms with van der Waals surface area (Å²) in [7, 11) is 0. The van der Waals surface area contributed by atoms with Gasteiger partial charge in [0.05, 0.1) is 12.0 Å². The fourth-order valence-electron chi connectivity index (χ4n) is 3.27. The third-order valence-electron chi connectivity index (χ3n) is 3.61. The Hall–Kier alpha value is -1.38. The number of ketones is 1. The first-order valence-corrected chi connectivity index (χ1v) is 7.33. The second-order valence-electron chi connectivity index (χ2n) is 6.72. The van der Waals surface area contributed by atoms with Crippen molar-refractivity contribution in [2.24, 2.45) is 11.8 Å². The van der Waals surface area contributed by atoms with Crippen LogP contribution in [0, 0.1) is 17.7 Å². The van der Waals surface area contributed by atoms with Gasteiger partial charge >= 0.3 is 0 Å². The van der Waals surface area contributed by atoms with E-state index in [-0.39, 0.29) is 11.6 Å². The SMILES string of the molecule is CC(C)CC1(CC(C)C)CC(=O)c2ccc(F)cc2O1. The number of rotatable bonds is 4. The zero-order valence-electron chi connectivity index (χ0n) is 12.7. The summed E-state index contributed by atoms with van der Waals surface area (Å²) in [6, 6.07) is 4.18. The summed E-state index contributed by atoms with van der Waals surface area (Å²) < 4.78 is 19.5. The van der Waals surface area contributed by atoms with Gasteiger partial charge in [-0.05, 0) is 36.8 Å². The quantitative estimate of drug-likeness (QED) is 0.803. The van der Waals surface area contributed by atoms with Gasteiger partial charge in [-0.25, -0.2) is 4.39 Å². The minimum Gasteiger partial charge on any atom is -0.486 e. The molecule has 1 aromatic carbocycles. The zero-order chi connectivity index (χ0) is 14.9. The van der Waals surface area contributed by atoms with E-state index in [0.29, 0.717) is 29.6 Å². The van der Waals surface area contributed by atoms with E-state index >= 15 is 0 Å². The molecule has 20 heavy (non-hydrogen) atoms. The van der Waals surface area contributed by atoms with Crippen molar-refractivity contribution in [2.75, 3.05) is 0 Å². The Bertz CT molecular complexity index is 496. The number of ether oxygens (including phenoxy) is 1. The van der Waals surface area contributed by atoms with Crippen molar-refractivity contribution in [3.8, 4) is 5.75 Å². The third-order valence-corrected chi connectivity index (χ3v) is 3.61. The van der Waals surface area contributed by atoms with Crippen LogP contribution >= 0.6 is 0 Å². The van der Waals surface area contributed by atoms with Gasteiger partial charge < -0.3 is 4.74 Å². The fourth-order valence-corrected chi connectivity index (χ4v) is 3.27. The minimum absolute atomic E-state index is 0.0625. The summed E-state index contributed by atoms with van der Waals surface area (Å²) in [4.78, 5) is 12.4. The van der Waals surface area contributed by atoms with Crippen LogP contribution < -0.4 is 4.74 Å². The summed E-state index contributed by atoms with van der Waals surface area (Å²) >= 11 is 0.